The fraction of sp³-hybridized carbons (Fsp3) is 0.875. The van der Waals surface area contributed by atoms with Gasteiger partial charge in [-0.25, -0.2) is 0 Å². The molecule has 7 nitrogen and oxygen atoms in total. The Hall–Kier alpha value is -1.44. The Morgan fingerprint density at radius 1 is 0.462 bits per heavy atom. The van der Waals surface area contributed by atoms with Gasteiger partial charge in [0.2, 0.25) is 0 Å². The maximum Gasteiger partial charge on any atom is 0.162 e. The van der Waals surface area contributed by atoms with Crippen LogP contribution in [0, 0.1) is 0 Å². The summed E-state index contributed by atoms with van der Waals surface area (Å²) < 4.78 is 41.3. The molecule has 0 aromatic rings. The molecule has 0 spiro atoms. The molecule has 0 N–H and O–H groups in total. The Labute approximate surface area is 240 Å². The van der Waals surface area contributed by atoms with Gasteiger partial charge < -0.3 is 33.2 Å². The minimum Gasteiger partial charge on any atom is -0.497 e. The van der Waals surface area contributed by atoms with Crippen LogP contribution in [-0.4, -0.2) is 54.2 Å². The van der Waals surface area contributed by atoms with Gasteiger partial charge in [-0.1, -0.05) is 91.9 Å². The van der Waals surface area contributed by atoms with E-state index in [0.717, 1.165) is 126 Å². The molecule has 0 aliphatic rings. The van der Waals surface area contributed by atoms with Gasteiger partial charge in [0.05, 0.1) is 28.4 Å². The standard InChI is InChI=1S/C32H62O7/c1-9-13-17-21-27(33-5)31(35-7)29(23-19-15-11-3)38-25-37-26-39-30(24-20-16-12-4)32(36-8)28(34-6)22-18-14-10-2/h29-30H,9-26H2,1-8H3. The van der Waals surface area contributed by atoms with Crippen LogP contribution in [-0.2, 0) is 33.2 Å². The van der Waals surface area contributed by atoms with E-state index in [2.05, 4.69) is 27.7 Å². The van der Waals surface area contributed by atoms with Gasteiger partial charge in [0.25, 0.3) is 0 Å². The zero-order chi connectivity index (χ0) is 29.1. The summed E-state index contributed by atoms with van der Waals surface area (Å²) in [5.74, 6) is 3.27. The first-order valence-electron chi connectivity index (χ1n) is 15.5. The second kappa shape index (κ2) is 26.8. The molecule has 2 unspecified atom stereocenters. The summed E-state index contributed by atoms with van der Waals surface area (Å²) in [7, 11) is 6.82. The first kappa shape index (κ1) is 37.6. The lowest BCUT2D eigenvalue weighted by Crippen LogP contribution is -2.24. The van der Waals surface area contributed by atoms with E-state index in [1.54, 1.807) is 28.4 Å². The predicted octanol–water partition coefficient (Wildman–Crippen LogP) is 9.02. The highest BCUT2D eigenvalue weighted by atomic mass is 16.7. The van der Waals surface area contributed by atoms with Crippen LogP contribution >= 0.6 is 0 Å². The zero-order valence-electron chi connectivity index (χ0n) is 26.7. The molecule has 0 heterocycles. The largest absolute Gasteiger partial charge is 0.497 e. The third kappa shape index (κ3) is 17.1. The SMILES string of the molecule is CCCCCC(OC)=C(OC)C(CCCCC)OCOCOC(CCCCC)C(OC)=C(CCCCC)OC. The van der Waals surface area contributed by atoms with Gasteiger partial charge in [0.1, 0.15) is 23.7 Å². The first-order chi connectivity index (χ1) is 19.1. The average molecular weight is 559 g/mol. The highest BCUT2D eigenvalue weighted by Gasteiger charge is 2.23. The third-order valence-corrected chi connectivity index (χ3v) is 6.93. The Morgan fingerprint density at radius 3 is 1.13 bits per heavy atom. The Balaban J connectivity index is 5.33. The predicted molar refractivity (Wildman–Crippen MR) is 159 cm³/mol. The van der Waals surface area contributed by atoms with Crippen LogP contribution in [0.5, 0.6) is 0 Å². The van der Waals surface area contributed by atoms with Crippen LogP contribution in [0.25, 0.3) is 0 Å². The van der Waals surface area contributed by atoms with Crippen LogP contribution in [0.4, 0.5) is 0 Å². The molecule has 0 saturated carbocycles. The van der Waals surface area contributed by atoms with Crippen LogP contribution in [0.1, 0.15) is 130 Å². The topological polar surface area (TPSA) is 64.6 Å². The van der Waals surface area contributed by atoms with Gasteiger partial charge >= 0.3 is 0 Å². The lowest BCUT2D eigenvalue weighted by Gasteiger charge is -2.24. The molecular weight excluding hydrogens is 496 g/mol. The number of unbranched alkanes of at least 4 members (excludes halogenated alkanes) is 8. The van der Waals surface area contributed by atoms with Crippen LogP contribution < -0.4 is 0 Å². The molecule has 2 atom stereocenters. The van der Waals surface area contributed by atoms with Crippen molar-refractivity contribution < 1.29 is 33.2 Å². The summed E-state index contributed by atoms with van der Waals surface area (Å²) in [6, 6.07) is 0. The summed E-state index contributed by atoms with van der Waals surface area (Å²) in [4.78, 5) is 0. The van der Waals surface area contributed by atoms with Gasteiger partial charge in [-0.05, 0) is 25.7 Å². The fourth-order valence-corrected chi connectivity index (χ4v) is 4.61. The van der Waals surface area contributed by atoms with Gasteiger partial charge in [0.15, 0.2) is 25.1 Å². The maximum atomic E-state index is 6.20. The third-order valence-electron chi connectivity index (χ3n) is 6.93. The molecule has 7 heteroatoms. The number of rotatable bonds is 28. The van der Waals surface area contributed by atoms with E-state index in [-0.39, 0.29) is 25.8 Å². The van der Waals surface area contributed by atoms with Crippen molar-refractivity contribution in [1.29, 1.82) is 0 Å². The zero-order valence-corrected chi connectivity index (χ0v) is 26.7. The summed E-state index contributed by atoms with van der Waals surface area (Å²) in [6.45, 7) is 9.02. The van der Waals surface area contributed by atoms with Gasteiger partial charge in [-0.15, -0.1) is 0 Å². The minimum atomic E-state index is -0.216. The van der Waals surface area contributed by atoms with Crippen molar-refractivity contribution in [1.82, 2.24) is 0 Å². The number of hydrogen-bond acceptors (Lipinski definition) is 7. The lowest BCUT2D eigenvalue weighted by atomic mass is 10.1. The molecule has 0 bridgehead atoms. The minimum absolute atomic E-state index is 0.108. The van der Waals surface area contributed by atoms with Crippen LogP contribution in [0.15, 0.2) is 23.0 Å². The van der Waals surface area contributed by atoms with Crippen molar-refractivity contribution in [2.75, 3.05) is 42.0 Å². The van der Waals surface area contributed by atoms with E-state index >= 15 is 0 Å². The van der Waals surface area contributed by atoms with E-state index in [0.29, 0.717) is 0 Å². The van der Waals surface area contributed by atoms with E-state index < -0.39 is 0 Å². The second-order valence-electron chi connectivity index (χ2n) is 10.0. The number of methoxy groups -OCH3 is 4. The number of hydrogen-bond donors (Lipinski definition) is 0. The molecule has 0 aromatic heterocycles. The van der Waals surface area contributed by atoms with E-state index in [1.807, 2.05) is 0 Å². The average Bonchev–Trinajstić information content (AvgIpc) is 2.95. The summed E-state index contributed by atoms with van der Waals surface area (Å²) in [5, 5.41) is 0. The molecule has 232 valence electrons. The van der Waals surface area contributed by atoms with Crippen molar-refractivity contribution in [3.05, 3.63) is 23.0 Å². The van der Waals surface area contributed by atoms with E-state index in [1.165, 1.54) is 0 Å². The van der Waals surface area contributed by atoms with Gasteiger partial charge in [-0.2, -0.15) is 0 Å². The molecular formula is C32H62O7. The van der Waals surface area contributed by atoms with Crippen molar-refractivity contribution in [3.8, 4) is 0 Å². The maximum absolute atomic E-state index is 6.20. The van der Waals surface area contributed by atoms with Crippen LogP contribution in [0.3, 0.4) is 0 Å². The summed E-state index contributed by atoms with van der Waals surface area (Å²) in [6.07, 6.45) is 16.4. The lowest BCUT2D eigenvalue weighted by molar-refractivity contribution is -0.166. The quantitative estimate of drug-likeness (QED) is 0.0539. The monoisotopic (exact) mass is 558 g/mol. The van der Waals surface area contributed by atoms with Crippen LogP contribution in [0.2, 0.25) is 0 Å². The van der Waals surface area contributed by atoms with E-state index in [4.69, 9.17) is 33.2 Å². The molecule has 0 fully saturated rings. The van der Waals surface area contributed by atoms with Crippen molar-refractivity contribution >= 4 is 0 Å². The molecule has 0 saturated heterocycles. The van der Waals surface area contributed by atoms with Gasteiger partial charge in [0, 0.05) is 12.8 Å². The first-order valence-corrected chi connectivity index (χ1v) is 15.5. The Kier molecular flexibility index (Phi) is 25.8. The molecule has 0 aliphatic carbocycles. The summed E-state index contributed by atoms with van der Waals surface area (Å²) >= 11 is 0. The van der Waals surface area contributed by atoms with Gasteiger partial charge in [-0.3, -0.25) is 0 Å². The highest BCUT2D eigenvalue weighted by molar-refractivity contribution is 5.08. The molecule has 0 amide bonds. The van der Waals surface area contributed by atoms with Crippen molar-refractivity contribution in [2.24, 2.45) is 0 Å². The number of ether oxygens (including phenoxy) is 7. The molecule has 0 rings (SSSR count). The van der Waals surface area contributed by atoms with Crippen molar-refractivity contribution in [2.45, 2.75) is 143 Å². The van der Waals surface area contributed by atoms with E-state index in [9.17, 15) is 0 Å². The fourth-order valence-electron chi connectivity index (χ4n) is 4.61. The Morgan fingerprint density at radius 2 is 0.821 bits per heavy atom. The number of allylic oxidation sites excluding steroid dienone is 2. The molecule has 0 aliphatic heterocycles. The molecule has 39 heavy (non-hydrogen) atoms. The highest BCUT2D eigenvalue weighted by Crippen LogP contribution is 2.25. The van der Waals surface area contributed by atoms with Crippen molar-refractivity contribution in [3.63, 3.8) is 0 Å². The summed E-state index contributed by atoms with van der Waals surface area (Å²) in [5.41, 5.74) is 0. The smallest absolute Gasteiger partial charge is 0.162 e. The Bertz CT molecular complexity index is 566. The second-order valence-corrected chi connectivity index (χ2v) is 10.0. The normalized spacial score (nSPS) is 14.4. The molecule has 0 aromatic carbocycles. The molecule has 0 radical (unpaired) electrons.